The number of fused-ring (bicyclic) bond motifs is 1. The van der Waals surface area contributed by atoms with Crippen molar-refractivity contribution in [1.29, 1.82) is 0 Å². The van der Waals surface area contributed by atoms with Gasteiger partial charge in [-0.05, 0) is 84.4 Å². The van der Waals surface area contributed by atoms with Gasteiger partial charge in [-0.2, -0.15) is 4.68 Å². The third kappa shape index (κ3) is 6.02. The van der Waals surface area contributed by atoms with E-state index in [1.165, 1.54) is 40.3 Å². The second kappa shape index (κ2) is 12.0. The lowest BCUT2D eigenvalue weighted by atomic mass is 9.92. The molecule has 1 saturated heterocycles. The van der Waals surface area contributed by atoms with E-state index in [1.807, 2.05) is 0 Å². The van der Waals surface area contributed by atoms with Gasteiger partial charge < -0.3 is 14.1 Å². The second-order valence-electron chi connectivity index (χ2n) is 13.8. The van der Waals surface area contributed by atoms with Crippen molar-refractivity contribution >= 4 is 43.2 Å². The lowest BCUT2D eigenvalue weighted by molar-refractivity contribution is -0.152. The van der Waals surface area contributed by atoms with Crippen molar-refractivity contribution in [3.63, 3.8) is 0 Å². The highest BCUT2D eigenvalue weighted by molar-refractivity contribution is 6.74. The Morgan fingerprint density at radius 2 is 1.87 bits per heavy atom. The minimum absolute atomic E-state index is 0.0934. The van der Waals surface area contributed by atoms with Gasteiger partial charge in [-0.25, -0.2) is 13.6 Å². The number of rotatable bonds is 9. The fourth-order valence-electron chi connectivity index (χ4n) is 6.10. The Balaban J connectivity index is 1.15. The highest BCUT2D eigenvalue weighted by Gasteiger charge is 2.55. The van der Waals surface area contributed by atoms with Gasteiger partial charge in [0.15, 0.2) is 26.6 Å². The van der Waals surface area contributed by atoms with Crippen LogP contribution in [0.4, 0.5) is 8.78 Å². The smallest absolute Gasteiger partial charge is 0.329 e. The molecule has 15 heteroatoms. The quantitative estimate of drug-likeness (QED) is 0.161. The van der Waals surface area contributed by atoms with E-state index in [9.17, 15) is 14.4 Å². The molecule has 0 radical (unpaired) electrons. The fraction of sp³-hybridized carbons (Fsp3) is 0.469. The van der Waals surface area contributed by atoms with Crippen molar-refractivity contribution in [1.82, 2.24) is 30.1 Å². The zero-order valence-corrected chi connectivity index (χ0v) is 28.5. The second-order valence-corrected chi connectivity index (χ2v) is 18.9. The van der Waals surface area contributed by atoms with Gasteiger partial charge in [0.2, 0.25) is 11.7 Å². The fourth-order valence-corrected chi connectivity index (χ4v) is 7.84. The average molecular weight is 685 g/mol. The van der Waals surface area contributed by atoms with Crippen LogP contribution in [0.5, 0.6) is 0 Å². The lowest BCUT2D eigenvalue weighted by Crippen LogP contribution is -2.47. The molecule has 11 nitrogen and oxygen atoms in total. The number of halogens is 3. The Morgan fingerprint density at radius 1 is 1.13 bits per heavy atom. The van der Waals surface area contributed by atoms with Crippen LogP contribution < -0.4 is 0 Å². The van der Waals surface area contributed by atoms with Gasteiger partial charge >= 0.3 is 5.97 Å². The molecule has 2 aliphatic heterocycles. The standard InChI is InChI=1S/C32H35ClF2N6O5Si/c1-31(2,3)47(4,5)46-32(11-12-32)29-27(34)20(10-13-36-29)24(42)16-45-30(44)23-8-6-19-14-18(15-25(43)41(19)23)26-22(40-17-37-38-39-40)9-7-21(33)28(26)35/h7,9-10,13,15,17,19,23H,6,8,11-12,14,16H2,1-5H3/t19-,23?/m1/s1. The van der Waals surface area contributed by atoms with E-state index in [4.69, 9.17) is 20.8 Å². The molecular weight excluding hydrogens is 650 g/mol. The molecule has 3 aromatic rings. The molecular formula is C32H35ClF2N6O5Si. The molecule has 4 heterocycles. The molecule has 0 spiro atoms. The van der Waals surface area contributed by atoms with Crippen LogP contribution in [0.3, 0.4) is 0 Å². The van der Waals surface area contributed by atoms with Crippen LogP contribution in [-0.2, 0) is 24.4 Å². The summed E-state index contributed by atoms with van der Waals surface area (Å²) in [6, 6.07) is 2.82. The maximum atomic E-state index is 15.8. The van der Waals surface area contributed by atoms with Gasteiger partial charge in [-0.1, -0.05) is 32.4 Å². The number of tetrazole rings is 1. The number of aromatic nitrogens is 5. The van der Waals surface area contributed by atoms with E-state index in [2.05, 4.69) is 54.4 Å². The van der Waals surface area contributed by atoms with E-state index >= 15 is 8.78 Å². The number of benzene rings is 1. The number of amides is 1. The summed E-state index contributed by atoms with van der Waals surface area (Å²) in [5, 5.41) is 10.8. The molecule has 0 N–H and O–H groups in total. The summed E-state index contributed by atoms with van der Waals surface area (Å²) in [6.07, 6.45) is 6.10. The normalized spacial score (nSPS) is 20.6. The van der Waals surface area contributed by atoms with Crippen LogP contribution >= 0.6 is 11.6 Å². The van der Waals surface area contributed by atoms with Gasteiger partial charge in [-0.3, -0.25) is 14.6 Å². The Bertz CT molecular complexity index is 1790. The van der Waals surface area contributed by atoms with Crippen LogP contribution in [-0.4, -0.2) is 74.8 Å². The molecule has 0 bridgehead atoms. The third-order valence-corrected chi connectivity index (χ3v) is 14.5. The zero-order valence-electron chi connectivity index (χ0n) is 26.7. The van der Waals surface area contributed by atoms with Gasteiger partial charge in [0.1, 0.15) is 23.7 Å². The predicted octanol–water partition coefficient (Wildman–Crippen LogP) is 5.57. The zero-order chi connectivity index (χ0) is 33.9. The maximum absolute atomic E-state index is 15.8. The van der Waals surface area contributed by atoms with Gasteiger partial charge in [0, 0.05) is 23.9 Å². The topological polar surface area (TPSA) is 129 Å². The number of ketones is 1. The van der Waals surface area contributed by atoms with Gasteiger partial charge in [-0.15, -0.1) is 5.10 Å². The van der Waals surface area contributed by atoms with E-state index < -0.39 is 61.9 Å². The molecule has 1 aliphatic carbocycles. The van der Waals surface area contributed by atoms with Crippen LogP contribution in [0, 0.1) is 11.6 Å². The first-order chi connectivity index (χ1) is 22.1. The van der Waals surface area contributed by atoms with Gasteiger partial charge in [0.05, 0.1) is 16.3 Å². The van der Waals surface area contributed by atoms with Gasteiger partial charge in [0.25, 0.3) is 0 Å². The van der Waals surface area contributed by atoms with E-state index in [-0.39, 0.29) is 39.7 Å². The van der Waals surface area contributed by atoms with E-state index in [0.29, 0.717) is 30.5 Å². The number of hydrogen-bond acceptors (Lipinski definition) is 9. The number of ether oxygens (including phenoxy) is 1. The molecule has 3 aliphatic rings. The first-order valence-electron chi connectivity index (χ1n) is 15.4. The number of carbonyl (C=O) groups is 3. The summed E-state index contributed by atoms with van der Waals surface area (Å²) in [5.41, 5.74) is -0.222. The van der Waals surface area contributed by atoms with Crippen LogP contribution in [0.1, 0.15) is 74.5 Å². The van der Waals surface area contributed by atoms with Crippen molar-refractivity contribution < 1.29 is 32.3 Å². The lowest BCUT2D eigenvalue weighted by Gasteiger charge is -2.39. The Hall–Kier alpha value is -3.88. The molecule has 248 valence electrons. The minimum Gasteiger partial charge on any atom is -0.456 e. The van der Waals surface area contributed by atoms with Crippen LogP contribution in [0.2, 0.25) is 23.2 Å². The van der Waals surface area contributed by atoms with Crippen molar-refractivity contribution in [2.75, 3.05) is 6.61 Å². The first-order valence-corrected chi connectivity index (χ1v) is 18.7. The summed E-state index contributed by atoms with van der Waals surface area (Å²) < 4.78 is 44.3. The summed E-state index contributed by atoms with van der Waals surface area (Å²) >= 11 is 6.09. The largest absolute Gasteiger partial charge is 0.456 e. The molecule has 2 aromatic heterocycles. The SMILES string of the molecule is CC(C)(C)[Si](C)(C)OC1(c2nccc(C(=O)COC(=O)C3CC[C@@H]4CC(c5c(-n6cnnn6)ccc(Cl)c5F)=CC(=O)N34)c2F)CC1. The molecule has 2 fully saturated rings. The monoisotopic (exact) mass is 684 g/mol. The molecule has 1 saturated carbocycles. The predicted molar refractivity (Wildman–Crippen MR) is 169 cm³/mol. The third-order valence-electron chi connectivity index (χ3n) is 9.70. The van der Waals surface area contributed by atoms with E-state index in [0.717, 1.165) is 0 Å². The molecule has 1 amide bonds. The molecule has 6 rings (SSSR count). The number of pyridine rings is 1. The Labute approximate surface area is 276 Å². The Kier molecular flexibility index (Phi) is 8.42. The molecule has 1 unspecified atom stereocenters. The number of carbonyl (C=O) groups excluding carboxylic acids is 3. The first kappa shape index (κ1) is 33.0. The number of Topliss-reactive ketones (excluding diaryl/α,β-unsaturated/α-hetero) is 1. The van der Waals surface area contributed by atoms with E-state index in [1.54, 1.807) is 6.07 Å². The summed E-state index contributed by atoms with van der Waals surface area (Å²) in [5.74, 6) is -3.50. The van der Waals surface area contributed by atoms with Crippen LogP contribution in [0.25, 0.3) is 11.3 Å². The van der Waals surface area contributed by atoms with Crippen molar-refractivity contribution in [2.24, 2.45) is 0 Å². The number of nitrogens with zero attached hydrogens (tertiary/aromatic N) is 6. The van der Waals surface area contributed by atoms with Crippen LogP contribution in [0.15, 0.2) is 36.8 Å². The average Bonchev–Trinajstić information content (AvgIpc) is 3.37. The summed E-state index contributed by atoms with van der Waals surface area (Å²) in [7, 11) is -2.27. The van der Waals surface area contributed by atoms with Crippen molar-refractivity contribution in [3.05, 3.63) is 70.3 Å². The van der Waals surface area contributed by atoms with Crippen molar-refractivity contribution in [2.45, 2.75) is 88.7 Å². The molecule has 47 heavy (non-hydrogen) atoms. The Morgan fingerprint density at radius 3 is 2.53 bits per heavy atom. The molecule has 2 atom stereocenters. The highest BCUT2D eigenvalue weighted by atomic mass is 35.5. The summed E-state index contributed by atoms with van der Waals surface area (Å²) in [6.45, 7) is 9.75. The minimum atomic E-state index is -2.27. The number of esters is 1. The molecule has 1 aromatic carbocycles. The maximum Gasteiger partial charge on any atom is 0.329 e. The highest BCUT2D eigenvalue weighted by Crippen LogP contribution is 2.54. The van der Waals surface area contributed by atoms with Crippen molar-refractivity contribution in [3.8, 4) is 5.69 Å². The number of hydrogen-bond donors (Lipinski definition) is 0. The summed E-state index contributed by atoms with van der Waals surface area (Å²) in [4.78, 5) is 45.4.